The van der Waals surface area contributed by atoms with E-state index in [1.807, 2.05) is 0 Å². The number of carbonyl (C=O) groups excluding carboxylic acids is 2. The summed E-state index contributed by atoms with van der Waals surface area (Å²) in [4.78, 5) is 25.4. The molecule has 1 aliphatic rings. The van der Waals surface area contributed by atoms with E-state index in [4.69, 9.17) is 16.3 Å². The average molecular weight is 364 g/mol. The van der Waals surface area contributed by atoms with Gasteiger partial charge in [-0.25, -0.2) is 4.79 Å². The molecule has 4 nitrogen and oxygen atoms in total. The predicted octanol–water partition coefficient (Wildman–Crippen LogP) is 4.36. The van der Waals surface area contributed by atoms with Crippen LogP contribution in [0.1, 0.15) is 47.0 Å². The van der Waals surface area contributed by atoms with E-state index < -0.39 is 12.1 Å². The first-order valence-corrected chi connectivity index (χ1v) is 9.19. The summed E-state index contributed by atoms with van der Waals surface area (Å²) >= 11 is 7.20. The number of rotatable bonds is 5. The quantitative estimate of drug-likeness (QED) is 0.803. The van der Waals surface area contributed by atoms with Crippen molar-refractivity contribution >= 4 is 34.8 Å². The summed E-state index contributed by atoms with van der Waals surface area (Å²) in [6.45, 7) is 0. The Morgan fingerprint density at radius 2 is 1.88 bits per heavy atom. The van der Waals surface area contributed by atoms with Crippen molar-refractivity contribution in [3.05, 3.63) is 57.2 Å². The van der Waals surface area contributed by atoms with Crippen molar-refractivity contribution in [2.45, 2.75) is 37.8 Å². The van der Waals surface area contributed by atoms with Gasteiger partial charge in [0, 0.05) is 16.6 Å². The number of benzene rings is 1. The van der Waals surface area contributed by atoms with Crippen LogP contribution in [0.3, 0.4) is 0 Å². The lowest BCUT2D eigenvalue weighted by molar-refractivity contribution is -0.131. The molecule has 1 N–H and O–H groups in total. The zero-order valence-electron chi connectivity index (χ0n) is 13.0. The topological polar surface area (TPSA) is 55.4 Å². The molecule has 0 saturated heterocycles. The molecule has 126 valence electrons. The number of esters is 1. The molecule has 24 heavy (non-hydrogen) atoms. The largest absolute Gasteiger partial charge is 0.443 e. The molecule has 1 fully saturated rings. The van der Waals surface area contributed by atoms with Crippen molar-refractivity contribution in [2.24, 2.45) is 0 Å². The fraction of sp³-hybridized carbons (Fsp3) is 0.333. The van der Waals surface area contributed by atoms with E-state index in [2.05, 4.69) is 5.32 Å². The Balaban J connectivity index is 1.78. The maximum absolute atomic E-state index is 12.7. The second-order valence-corrected chi connectivity index (χ2v) is 7.19. The number of carbonyl (C=O) groups is 2. The van der Waals surface area contributed by atoms with Crippen molar-refractivity contribution < 1.29 is 14.3 Å². The van der Waals surface area contributed by atoms with Gasteiger partial charge in [0.05, 0.1) is 0 Å². The molecule has 0 aliphatic heterocycles. The molecular weight excluding hydrogens is 346 g/mol. The second-order valence-electron chi connectivity index (χ2n) is 5.80. The Labute approximate surface area is 149 Å². The smallest absolute Gasteiger partial charge is 0.349 e. The third-order valence-corrected chi connectivity index (χ3v) is 5.16. The van der Waals surface area contributed by atoms with Gasteiger partial charge in [0.2, 0.25) is 6.10 Å². The maximum atomic E-state index is 12.7. The number of halogens is 1. The normalized spacial score (nSPS) is 15.9. The molecular formula is C18H18ClNO3S. The van der Waals surface area contributed by atoms with Crippen molar-refractivity contribution in [1.29, 1.82) is 0 Å². The molecule has 1 saturated carbocycles. The number of hydrogen-bond donors (Lipinski definition) is 1. The van der Waals surface area contributed by atoms with Crippen LogP contribution in [0.5, 0.6) is 0 Å². The van der Waals surface area contributed by atoms with Gasteiger partial charge in [0.1, 0.15) is 4.88 Å². The second kappa shape index (κ2) is 7.81. The minimum atomic E-state index is -0.975. The summed E-state index contributed by atoms with van der Waals surface area (Å²) in [5, 5.41) is 5.36. The van der Waals surface area contributed by atoms with Crippen molar-refractivity contribution in [3.63, 3.8) is 0 Å². The fourth-order valence-corrected chi connectivity index (χ4v) is 3.55. The van der Waals surface area contributed by atoms with Crippen LogP contribution in [0.2, 0.25) is 5.02 Å². The summed E-state index contributed by atoms with van der Waals surface area (Å²) < 4.78 is 5.51. The van der Waals surface area contributed by atoms with Gasteiger partial charge in [0.25, 0.3) is 5.91 Å². The first-order valence-electron chi connectivity index (χ1n) is 7.94. The fourth-order valence-electron chi connectivity index (χ4n) is 2.82. The highest BCUT2D eigenvalue weighted by atomic mass is 35.5. The van der Waals surface area contributed by atoms with Crippen molar-refractivity contribution in [3.8, 4) is 0 Å². The number of nitrogens with one attached hydrogen (secondary N) is 1. The zero-order valence-corrected chi connectivity index (χ0v) is 14.6. The standard InChI is InChI=1S/C18H18ClNO3S/c19-13-9-7-12(8-10-13)16(17(21)20-14-4-1-2-5-14)23-18(22)15-6-3-11-24-15/h3,6-11,14,16H,1-2,4-5H2,(H,20,21)/t16-/m1/s1. The van der Waals surface area contributed by atoms with E-state index in [1.54, 1.807) is 41.8 Å². The Hall–Kier alpha value is -1.85. The Morgan fingerprint density at radius 1 is 1.17 bits per heavy atom. The predicted molar refractivity (Wildman–Crippen MR) is 94.3 cm³/mol. The molecule has 1 heterocycles. The lowest BCUT2D eigenvalue weighted by Crippen LogP contribution is -2.38. The monoisotopic (exact) mass is 363 g/mol. The molecule has 1 atom stereocenters. The molecule has 2 aromatic rings. The van der Waals surface area contributed by atoms with E-state index in [1.165, 1.54) is 11.3 Å². The summed E-state index contributed by atoms with van der Waals surface area (Å²) in [5.74, 6) is -0.777. The number of hydrogen-bond acceptors (Lipinski definition) is 4. The van der Waals surface area contributed by atoms with Gasteiger partial charge in [-0.15, -0.1) is 11.3 Å². The van der Waals surface area contributed by atoms with Crippen LogP contribution < -0.4 is 5.32 Å². The minimum Gasteiger partial charge on any atom is -0.443 e. The van der Waals surface area contributed by atoms with Crippen LogP contribution in [0.4, 0.5) is 0 Å². The van der Waals surface area contributed by atoms with Gasteiger partial charge >= 0.3 is 5.97 Å². The molecule has 0 radical (unpaired) electrons. The van der Waals surface area contributed by atoms with Crippen molar-refractivity contribution in [2.75, 3.05) is 0 Å². The first kappa shape index (κ1) is 17.0. The number of amides is 1. The number of thiophene rings is 1. The number of ether oxygens (including phenoxy) is 1. The van der Waals surface area contributed by atoms with Gasteiger partial charge in [-0.05, 0) is 36.4 Å². The van der Waals surface area contributed by atoms with Crippen LogP contribution in [0, 0.1) is 0 Å². The summed E-state index contributed by atoms with van der Waals surface area (Å²) in [6, 6.07) is 10.4. The van der Waals surface area contributed by atoms with Gasteiger partial charge in [-0.2, -0.15) is 0 Å². The lowest BCUT2D eigenvalue weighted by atomic mass is 10.1. The van der Waals surface area contributed by atoms with Gasteiger partial charge < -0.3 is 10.1 Å². The molecule has 1 amide bonds. The zero-order chi connectivity index (χ0) is 16.9. The van der Waals surface area contributed by atoms with Gasteiger partial charge in [-0.1, -0.05) is 42.6 Å². The summed E-state index contributed by atoms with van der Waals surface area (Å²) in [7, 11) is 0. The van der Waals surface area contributed by atoms with Crippen molar-refractivity contribution in [1.82, 2.24) is 5.32 Å². The van der Waals surface area contributed by atoms with Gasteiger partial charge in [0.15, 0.2) is 0 Å². The summed E-state index contributed by atoms with van der Waals surface area (Å²) in [6.07, 6.45) is 3.20. The van der Waals surface area contributed by atoms with Gasteiger partial charge in [-0.3, -0.25) is 4.79 Å². The third-order valence-electron chi connectivity index (χ3n) is 4.06. The molecule has 6 heteroatoms. The van der Waals surface area contributed by atoms with Crippen LogP contribution in [0.25, 0.3) is 0 Å². The Morgan fingerprint density at radius 3 is 2.50 bits per heavy atom. The Kier molecular flexibility index (Phi) is 5.53. The van der Waals surface area contributed by atoms with Crippen LogP contribution in [0.15, 0.2) is 41.8 Å². The lowest BCUT2D eigenvalue weighted by Gasteiger charge is -2.20. The maximum Gasteiger partial charge on any atom is 0.349 e. The molecule has 0 unspecified atom stereocenters. The molecule has 0 spiro atoms. The highest BCUT2D eigenvalue weighted by Gasteiger charge is 2.28. The SMILES string of the molecule is O=C(O[C@@H](C(=O)NC1CCCC1)c1ccc(Cl)cc1)c1cccs1. The molecule has 1 aromatic heterocycles. The molecule has 1 aromatic carbocycles. The van der Waals surface area contributed by atoms with E-state index in [0.717, 1.165) is 25.7 Å². The van der Waals surface area contributed by atoms with Crippen LogP contribution >= 0.6 is 22.9 Å². The highest BCUT2D eigenvalue weighted by molar-refractivity contribution is 7.11. The minimum absolute atomic E-state index is 0.160. The van der Waals surface area contributed by atoms with E-state index in [-0.39, 0.29) is 11.9 Å². The Bertz CT molecular complexity index is 694. The molecule has 3 rings (SSSR count). The molecule has 0 bridgehead atoms. The summed E-state index contributed by atoms with van der Waals surface area (Å²) in [5.41, 5.74) is 0.611. The van der Waals surface area contributed by atoms with Crippen LogP contribution in [-0.2, 0) is 9.53 Å². The molecule has 1 aliphatic carbocycles. The highest BCUT2D eigenvalue weighted by Crippen LogP contribution is 2.25. The third kappa shape index (κ3) is 4.16. The van der Waals surface area contributed by atoms with E-state index in [9.17, 15) is 9.59 Å². The van der Waals surface area contributed by atoms with E-state index in [0.29, 0.717) is 15.5 Å². The van der Waals surface area contributed by atoms with E-state index >= 15 is 0 Å². The van der Waals surface area contributed by atoms with Crippen LogP contribution in [-0.4, -0.2) is 17.9 Å². The average Bonchev–Trinajstić information content (AvgIpc) is 3.27. The first-order chi connectivity index (χ1) is 11.6.